The molecule has 0 bridgehead atoms. The lowest BCUT2D eigenvalue weighted by atomic mass is 9.77. The van der Waals surface area contributed by atoms with Crippen LogP contribution in [0.4, 0.5) is 0 Å². The monoisotopic (exact) mass is 690 g/mol. The lowest BCUT2D eigenvalue weighted by Gasteiger charge is -2.29. The molecule has 0 unspecified atom stereocenters. The Bertz CT molecular complexity index is 1130. The van der Waals surface area contributed by atoms with Crippen molar-refractivity contribution in [2.45, 2.75) is 168 Å². The number of ether oxygens (including phenoxy) is 4. The van der Waals surface area contributed by atoms with E-state index in [0.29, 0.717) is 11.8 Å². The first-order valence-corrected chi connectivity index (χ1v) is 20.2. The molecule has 0 aromatic heterocycles. The molecule has 4 rings (SSSR count). The maximum Gasteiger partial charge on any atom is 0.338 e. The first-order chi connectivity index (χ1) is 24.4. The van der Waals surface area contributed by atoms with E-state index in [4.69, 9.17) is 18.9 Å². The highest BCUT2D eigenvalue weighted by molar-refractivity contribution is 5.85. The minimum absolute atomic E-state index is 0.155. The Morgan fingerprint density at radius 2 is 0.900 bits per heavy atom. The fourth-order valence-corrected chi connectivity index (χ4v) is 8.09. The number of hydrogen-bond donors (Lipinski definition) is 0. The minimum Gasteiger partial charge on any atom is -0.464 e. The number of carbonyl (C=O) groups is 2. The van der Waals surface area contributed by atoms with Crippen LogP contribution >= 0.6 is 0 Å². The molecule has 50 heavy (non-hydrogen) atoms. The maximum absolute atomic E-state index is 13.2. The van der Waals surface area contributed by atoms with Crippen molar-refractivity contribution in [3.05, 3.63) is 70.8 Å². The summed E-state index contributed by atoms with van der Waals surface area (Å²) in [5, 5.41) is 0. The summed E-state index contributed by atoms with van der Waals surface area (Å²) in [6.07, 6.45) is 18.5. The van der Waals surface area contributed by atoms with E-state index in [9.17, 15) is 9.59 Å². The quantitative estimate of drug-likeness (QED) is 0.0959. The van der Waals surface area contributed by atoms with Crippen molar-refractivity contribution < 1.29 is 28.5 Å². The van der Waals surface area contributed by atoms with Gasteiger partial charge in [-0.2, -0.15) is 0 Å². The molecule has 0 heterocycles. The zero-order valence-electron chi connectivity index (χ0n) is 31.7. The number of hydrogen-bond acceptors (Lipinski definition) is 6. The van der Waals surface area contributed by atoms with Crippen LogP contribution in [0.5, 0.6) is 0 Å². The molecule has 0 aliphatic heterocycles. The molecular formula is C44H66O6. The number of esters is 2. The summed E-state index contributed by atoms with van der Waals surface area (Å²) < 4.78 is 23.0. The molecule has 0 N–H and O–H groups in total. The second-order valence-electron chi connectivity index (χ2n) is 14.9. The third-order valence-electron chi connectivity index (χ3n) is 11.2. The SMILES string of the molecule is CCCCC[C@H]1CC[C@H](c2ccc(CO[C@@H](C(=O)OCC)[C@@H](OCc3ccc([C@H]4CC[C@H](CCCCC)CC4)cc3)C(=O)OCC)cc2)CC1. The van der Waals surface area contributed by atoms with Gasteiger partial charge in [0.1, 0.15) is 0 Å². The lowest BCUT2D eigenvalue weighted by Crippen LogP contribution is -2.45. The summed E-state index contributed by atoms with van der Waals surface area (Å²) in [6.45, 7) is 8.69. The van der Waals surface area contributed by atoms with Gasteiger partial charge in [0.15, 0.2) is 12.2 Å². The molecular weight excluding hydrogens is 624 g/mol. The predicted molar refractivity (Wildman–Crippen MR) is 201 cm³/mol. The van der Waals surface area contributed by atoms with E-state index in [1.807, 2.05) is 0 Å². The van der Waals surface area contributed by atoms with Crippen molar-refractivity contribution >= 4 is 11.9 Å². The summed E-state index contributed by atoms with van der Waals surface area (Å²) in [7, 11) is 0. The average Bonchev–Trinajstić information content (AvgIpc) is 3.14. The molecule has 2 atom stereocenters. The molecule has 6 heteroatoms. The molecule has 2 aromatic carbocycles. The van der Waals surface area contributed by atoms with Gasteiger partial charge in [-0.25, -0.2) is 9.59 Å². The van der Waals surface area contributed by atoms with Gasteiger partial charge in [0.25, 0.3) is 0 Å². The third kappa shape index (κ3) is 12.8. The molecule has 2 saturated carbocycles. The van der Waals surface area contributed by atoms with Crippen molar-refractivity contribution in [3.63, 3.8) is 0 Å². The summed E-state index contributed by atoms with van der Waals surface area (Å²) >= 11 is 0. The van der Waals surface area contributed by atoms with Gasteiger partial charge in [0.2, 0.25) is 0 Å². The Hall–Kier alpha value is -2.70. The smallest absolute Gasteiger partial charge is 0.338 e. The Morgan fingerprint density at radius 1 is 0.540 bits per heavy atom. The molecule has 0 amide bonds. The number of carbonyl (C=O) groups excluding carboxylic acids is 2. The van der Waals surface area contributed by atoms with Crippen molar-refractivity contribution in [1.29, 1.82) is 0 Å². The van der Waals surface area contributed by atoms with Crippen LogP contribution in [0.15, 0.2) is 48.5 Å². The number of benzene rings is 2. The zero-order chi connectivity index (χ0) is 35.6. The molecule has 0 saturated heterocycles. The standard InChI is InChI=1S/C44H66O6/c1-5-9-11-13-33-15-23-37(24-16-33)39-27-19-35(20-28-39)31-49-41(43(45)47-7-3)42(44(46)48-8-4)50-32-36-21-29-40(30-22-36)38-25-17-34(18-26-38)14-12-10-6-2/h19-22,27-30,33-34,37-38,41-42H,5-18,23-26,31-32H2,1-4H3/t33-,34-,37-,38-,41-,42-/m1/s1. The molecule has 2 aromatic rings. The molecule has 2 aliphatic rings. The van der Waals surface area contributed by atoms with Gasteiger partial charge in [0.05, 0.1) is 26.4 Å². The second kappa shape index (κ2) is 22.3. The van der Waals surface area contributed by atoms with E-state index in [1.165, 1.54) is 114 Å². The number of rotatable bonds is 21. The summed E-state index contributed by atoms with van der Waals surface area (Å²) in [5.74, 6) is 1.72. The Labute approximate surface area is 303 Å². The van der Waals surface area contributed by atoms with Crippen molar-refractivity contribution in [1.82, 2.24) is 0 Å². The van der Waals surface area contributed by atoms with Crippen LogP contribution in [-0.2, 0) is 41.8 Å². The van der Waals surface area contributed by atoms with E-state index in [0.717, 1.165) is 23.0 Å². The van der Waals surface area contributed by atoms with Crippen LogP contribution in [0.3, 0.4) is 0 Å². The van der Waals surface area contributed by atoms with Crippen molar-refractivity contribution in [2.75, 3.05) is 13.2 Å². The topological polar surface area (TPSA) is 71.1 Å². The highest BCUT2D eigenvalue weighted by Crippen LogP contribution is 2.39. The fraction of sp³-hybridized carbons (Fsp3) is 0.682. The van der Waals surface area contributed by atoms with E-state index in [-0.39, 0.29) is 26.4 Å². The molecule has 2 fully saturated rings. The molecule has 0 radical (unpaired) electrons. The summed E-state index contributed by atoms with van der Waals surface area (Å²) in [4.78, 5) is 26.4. The first kappa shape index (κ1) is 40.1. The summed E-state index contributed by atoms with van der Waals surface area (Å²) in [5.41, 5.74) is 4.61. The van der Waals surface area contributed by atoms with Crippen LogP contribution in [0.25, 0.3) is 0 Å². The Kier molecular flexibility index (Phi) is 17.9. The normalized spacial score (nSPS) is 22.1. The molecule has 0 spiro atoms. The van der Waals surface area contributed by atoms with Gasteiger partial charge in [0, 0.05) is 0 Å². The Balaban J connectivity index is 1.33. The van der Waals surface area contributed by atoms with Gasteiger partial charge in [-0.05, 0) is 111 Å². The van der Waals surface area contributed by atoms with Gasteiger partial charge < -0.3 is 18.9 Å². The van der Waals surface area contributed by atoms with Gasteiger partial charge in [-0.1, -0.05) is 114 Å². The van der Waals surface area contributed by atoms with Crippen LogP contribution in [0.1, 0.15) is 165 Å². The van der Waals surface area contributed by atoms with Crippen molar-refractivity contribution in [2.24, 2.45) is 11.8 Å². The van der Waals surface area contributed by atoms with Crippen LogP contribution in [0.2, 0.25) is 0 Å². The number of unbranched alkanes of at least 4 members (excludes halogenated alkanes) is 4. The van der Waals surface area contributed by atoms with E-state index >= 15 is 0 Å². The van der Waals surface area contributed by atoms with Crippen molar-refractivity contribution in [3.8, 4) is 0 Å². The average molecular weight is 691 g/mol. The predicted octanol–water partition coefficient (Wildman–Crippen LogP) is 11.0. The first-order valence-electron chi connectivity index (χ1n) is 20.2. The largest absolute Gasteiger partial charge is 0.464 e. The fourth-order valence-electron chi connectivity index (χ4n) is 8.09. The van der Waals surface area contributed by atoms with E-state index < -0.39 is 24.1 Å². The zero-order valence-corrected chi connectivity index (χ0v) is 31.7. The van der Waals surface area contributed by atoms with Crippen LogP contribution < -0.4 is 0 Å². The van der Waals surface area contributed by atoms with E-state index in [2.05, 4.69) is 62.4 Å². The van der Waals surface area contributed by atoms with E-state index in [1.54, 1.807) is 13.8 Å². The van der Waals surface area contributed by atoms with Gasteiger partial charge in [-0.15, -0.1) is 0 Å². The highest BCUT2D eigenvalue weighted by Gasteiger charge is 2.38. The van der Waals surface area contributed by atoms with Crippen LogP contribution in [-0.4, -0.2) is 37.4 Å². The lowest BCUT2D eigenvalue weighted by molar-refractivity contribution is -0.185. The molecule has 6 nitrogen and oxygen atoms in total. The Morgan fingerprint density at radius 3 is 1.22 bits per heavy atom. The molecule has 278 valence electrons. The third-order valence-corrected chi connectivity index (χ3v) is 11.2. The molecule has 2 aliphatic carbocycles. The summed E-state index contributed by atoms with van der Waals surface area (Å²) in [6, 6.07) is 17.1. The highest BCUT2D eigenvalue weighted by atomic mass is 16.6. The van der Waals surface area contributed by atoms with Gasteiger partial charge in [-0.3, -0.25) is 0 Å². The van der Waals surface area contributed by atoms with Crippen LogP contribution in [0, 0.1) is 11.8 Å². The minimum atomic E-state index is -1.25. The maximum atomic E-state index is 13.2. The van der Waals surface area contributed by atoms with Gasteiger partial charge >= 0.3 is 11.9 Å². The second-order valence-corrected chi connectivity index (χ2v) is 14.9.